The molecule has 0 aliphatic heterocycles. The summed E-state index contributed by atoms with van der Waals surface area (Å²) in [5.74, 6) is -0.0739. The molecule has 4 heteroatoms. The van der Waals surface area contributed by atoms with E-state index in [1.54, 1.807) is 30.1 Å². The Hall–Kier alpha value is -2.00. The second-order valence-electron chi connectivity index (χ2n) is 4.82. The number of nitrogens with zero attached hydrogens (tertiary/aromatic N) is 1. The fourth-order valence-corrected chi connectivity index (χ4v) is 2.18. The molecule has 0 aromatic heterocycles. The first-order valence-corrected chi connectivity index (χ1v) is 6.72. The molecule has 1 amide bonds. The highest BCUT2D eigenvalue weighted by Gasteiger charge is 2.13. The normalized spacial score (nSPS) is 10.3. The number of halogens is 1. The molecule has 0 radical (unpaired) electrons. The zero-order chi connectivity index (χ0) is 14.7. The van der Waals surface area contributed by atoms with Gasteiger partial charge in [0.25, 0.3) is 5.91 Å². The van der Waals surface area contributed by atoms with Crippen molar-refractivity contribution >= 4 is 23.2 Å². The lowest BCUT2D eigenvalue weighted by Gasteiger charge is -2.19. The average Bonchev–Trinajstić information content (AvgIpc) is 2.43. The Morgan fingerprint density at radius 2 is 1.95 bits per heavy atom. The highest BCUT2D eigenvalue weighted by atomic mass is 35.5. The highest BCUT2D eigenvalue weighted by molar-refractivity contribution is 6.33. The Labute approximate surface area is 124 Å². The lowest BCUT2D eigenvalue weighted by Crippen LogP contribution is -2.26. The van der Waals surface area contributed by atoms with Gasteiger partial charge in [0.1, 0.15) is 0 Å². The smallest absolute Gasteiger partial charge is 0.253 e. The Kier molecular flexibility index (Phi) is 4.30. The molecular weight excluding hydrogens is 272 g/mol. The van der Waals surface area contributed by atoms with Crippen molar-refractivity contribution in [2.75, 3.05) is 12.8 Å². The van der Waals surface area contributed by atoms with Crippen LogP contribution in [0.4, 0.5) is 5.69 Å². The lowest BCUT2D eigenvalue weighted by molar-refractivity contribution is 0.0785. The Balaban J connectivity index is 2.16. The maximum Gasteiger partial charge on any atom is 0.253 e. The number of hydrogen-bond acceptors (Lipinski definition) is 2. The summed E-state index contributed by atoms with van der Waals surface area (Å²) >= 11 is 5.95. The number of amides is 1. The molecule has 104 valence electrons. The molecular formula is C16H17ClN2O. The number of hydrogen-bond donors (Lipinski definition) is 1. The molecule has 2 aromatic carbocycles. The zero-order valence-electron chi connectivity index (χ0n) is 11.6. The number of anilines is 1. The third-order valence-electron chi connectivity index (χ3n) is 3.26. The predicted molar refractivity (Wildman–Crippen MR) is 82.8 cm³/mol. The zero-order valence-corrected chi connectivity index (χ0v) is 12.3. The van der Waals surface area contributed by atoms with E-state index in [1.807, 2.05) is 31.2 Å². The van der Waals surface area contributed by atoms with Gasteiger partial charge in [0.05, 0.1) is 10.7 Å². The molecule has 0 fully saturated rings. The molecule has 2 N–H and O–H groups in total. The van der Waals surface area contributed by atoms with Gasteiger partial charge < -0.3 is 10.6 Å². The van der Waals surface area contributed by atoms with Gasteiger partial charge in [-0.05, 0) is 36.2 Å². The van der Waals surface area contributed by atoms with Gasteiger partial charge >= 0.3 is 0 Å². The standard InChI is InChI=1S/C16H17ClN2O/c1-11-5-3-4-6-13(11)10-19(2)16(20)12-7-8-15(18)14(17)9-12/h3-9H,10,18H2,1-2H3. The van der Waals surface area contributed by atoms with Crippen LogP contribution in [-0.4, -0.2) is 17.9 Å². The number of benzene rings is 2. The van der Waals surface area contributed by atoms with Crippen molar-refractivity contribution in [3.05, 3.63) is 64.2 Å². The van der Waals surface area contributed by atoms with E-state index in [9.17, 15) is 4.79 Å². The first-order valence-electron chi connectivity index (χ1n) is 6.34. The van der Waals surface area contributed by atoms with Gasteiger partial charge in [0, 0.05) is 19.2 Å². The molecule has 0 bridgehead atoms. The molecule has 0 aliphatic carbocycles. The van der Waals surface area contributed by atoms with Crippen LogP contribution in [-0.2, 0) is 6.54 Å². The van der Waals surface area contributed by atoms with E-state index in [2.05, 4.69) is 0 Å². The molecule has 2 rings (SSSR count). The van der Waals surface area contributed by atoms with Crippen molar-refractivity contribution in [2.45, 2.75) is 13.5 Å². The van der Waals surface area contributed by atoms with Gasteiger partial charge in [-0.3, -0.25) is 4.79 Å². The maximum atomic E-state index is 12.4. The van der Waals surface area contributed by atoms with E-state index in [1.165, 1.54) is 5.56 Å². The van der Waals surface area contributed by atoms with Crippen LogP contribution in [0.1, 0.15) is 21.5 Å². The molecule has 3 nitrogen and oxygen atoms in total. The first-order chi connectivity index (χ1) is 9.49. The Morgan fingerprint density at radius 3 is 2.60 bits per heavy atom. The Bertz CT molecular complexity index is 640. The van der Waals surface area contributed by atoms with E-state index < -0.39 is 0 Å². The molecule has 0 heterocycles. The van der Waals surface area contributed by atoms with Gasteiger partial charge in [-0.25, -0.2) is 0 Å². The van der Waals surface area contributed by atoms with Crippen LogP contribution in [0.5, 0.6) is 0 Å². The molecule has 20 heavy (non-hydrogen) atoms. The molecule has 0 saturated carbocycles. The van der Waals surface area contributed by atoms with Crippen molar-refractivity contribution in [3.8, 4) is 0 Å². The lowest BCUT2D eigenvalue weighted by atomic mass is 10.1. The number of nitrogens with two attached hydrogens (primary N) is 1. The third-order valence-corrected chi connectivity index (χ3v) is 3.59. The number of aryl methyl sites for hydroxylation is 1. The van der Waals surface area contributed by atoms with Crippen LogP contribution >= 0.6 is 11.6 Å². The van der Waals surface area contributed by atoms with Gasteiger partial charge in [0.2, 0.25) is 0 Å². The number of carbonyl (C=O) groups excluding carboxylic acids is 1. The Morgan fingerprint density at radius 1 is 1.25 bits per heavy atom. The molecule has 0 saturated heterocycles. The summed E-state index contributed by atoms with van der Waals surface area (Å²) in [5, 5.41) is 0.403. The summed E-state index contributed by atoms with van der Waals surface area (Å²) in [6.45, 7) is 2.60. The van der Waals surface area contributed by atoms with Crippen LogP contribution < -0.4 is 5.73 Å². The minimum atomic E-state index is -0.0739. The molecule has 0 unspecified atom stereocenters. The van der Waals surface area contributed by atoms with Gasteiger partial charge in [-0.15, -0.1) is 0 Å². The topological polar surface area (TPSA) is 46.3 Å². The fourth-order valence-electron chi connectivity index (χ4n) is 2.00. The molecule has 0 atom stereocenters. The van der Waals surface area contributed by atoms with Crippen molar-refractivity contribution in [1.82, 2.24) is 4.90 Å². The van der Waals surface area contributed by atoms with Gasteiger partial charge in [-0.1, -0.05) is 35.9 Å². The fraction of sp³-hybridized carbons (Fsp3) is 0.188. The average molecular weight is 289 g/mol. The van der Waals surface area contributed by atoms with E-state index in [4.69, 9.17) is 17.3 Å². The SMILES string of the molecule is Cc1ccccc1CN(C)C(=O)c1ccc(N)c(Cl)c1. The largest absolute Gasteiger partial charge is 0.398 e. The van der Waals surface area contributed by atoms with Crippen molar-refractivity contribution in [1.29, 1.82) is 0 Å². The van der Waals surface area contributed by atoms with Crippen molar-refractivity contribution < 1.29 is 4.79 Å². The molecule has 0 aliphatic rings. The van der Waals surface area contributed by atoms with Crippen molar-refractivity contribution in [2.24, 2.45) is 0 Å². The van der Waals surface area contributed by atoms with E-state index in [0.717, 1.165) is 5.56 Å². The van der Waals surface area contributed by atoms with Crippen LogP contribution in [0.3, 0.4) is 0 Å². The summed E-state index contributed by atoms with van der Waals surface area (Å²) in [7, 11) is 1.78. The van der Waals surface area contributed by atoms with Gasteiger partial charge in [0.15, 0.2) is 0 Å². The number of carbonyl (C=O) groups is 1. The second-order valence-corrected chi connectivity index (χ2v) is 5.23. The number of nitrogen functional groups attached to an aromatic ring is 1. The van der Waals surface area contributed by atoms with E-state index >= 15 is 0 Å². The highest BCUT2D eigenvalue weighted by Crippen LogP contribution is 2.21. The van der Waals surface area contributed by atoms with Crippen LogP contribution in [0.15, 0.2) is 42.5 Å². The monoisotopic (exact) mass is 288 g/mol. The first kappa shape index (κ1) is 14.4. The minimum absolute atomic E-state index is 0.0739. The summed E-state index contributed by atoms with van der Waals surface area (Å²) in [4.78, 5) is 14.0. The quantitative estimate of drug-likeness (QED) is 0.879. The maximum absolute atomic E-state index is 12.4. The minimum Gasteiger partial charge on any atom is -0.398 e. The van der Waals surface area contributed by atoms with Gasteiger partial charge in [-0.2, -0.15) is 0 Å². The predicted octanol–water partition coefficient (Wildman–Crippen LogP) is 3.50. The van der Waals surface area contributed by atoms with E-state index in [0.29, 0.717) is 22.8 Å². The van der Waals surface area contributed by atoms with Crippen LogP contribution in [0, 0.1) is 6.92 Å². The molecule has 0 spiro atoms. The second kappa shape index (κ2) is 5.97. The summed E-state index contributed by atoms with van der Waals surface area (Å²) in [6, 6.07) is 13.0. The van der Waals surface area contributed by atoms with E-state index in [-0.39, 0.29) is 5.91 Å². The van der Waals surface area contributed by atoms with Crippen molar-refractivity contribution in [3.63, 3.8) is 0 Å². The van der Waals surface area contributed by atoms with Crippen LogP contribution in [0.25, 0.3) is 0 Å². The molecule has 2 aromatic rings. The third kappa shape index (κ3) is 3.11. The summed E-state index contributed by atoms with van der Waals surface area (Å²) in [5.41, 5.74) is 8.97. The summed E-state index contributed by atoms with van der Waals surface area (Å²) < 4.78 is 0. The number of rotatable bonds is 3. The van der Waals surface area contributed by atoms with Crippen LogP contribution in [0.2, 0.25) is 5.02 Å². The summed E-state index contributed by atoms with van der Waals surface area (Å²) in [6.07, 6.45) is 0.